The molecule has 1 aliphatic carbocycles. The van der Waals surface area contributed by atoms with E-state index in [9.17, 15) is 30.0 Å². The Labute approximate surface area is 490 Å². The molecule has 16 nitrogen and oxygen atoms in total. The van der Waals surface area contributed by atoms with Crippen molar-refractivity contribution in [1.29, 1.82) is 0 Å². The van der Waals surface area contributed by atoms with Crippen molar-refractivity contribution in [2.75, 3.05) is 78.8 Å². The highest BCUT2D eigenvalue weighted by atomic mass is 16.6. The number of aliphatic hydroxyl groups is 8. The monoisotopic (exact) mass is 1140 g/mol. The van der Waals surface area contributed by atoms with E-state index in [0.717, 1.165) is 77.7 Å². The van der Waals surface area contributed by atoms with E-state index in [4.69, 9.17) is 29.9 Å². The van der Waals surface area contributed by atoms with Crippen molar-refractivity contribution in [2.24, 2.45) is 23.7 Å². The van der Waals surface area contributed by atoms with Gasteiger partial charge in [0.1, 0.15) is 11.2 Å². The number of benzene rings is 2. The van der Waals surface area contributed by atoms with Crippen LogP contribution in [0.15, 0.2) is 72.3 Å². The summed E-state index contributed by atoms with van der Waals surface area (Å²) in [4.78, 5) is 31.2. The fourth-order valence-corrected chi connectivity index (χ4v) is 9.16. The summed E-state index contributed by atoms with van der Waals surface area (Å²) in [7, 11) is 0. The van der Waals surface area contributed by atoms with Crippen LogP contribution in [0.5, 0.6) is 0 Å². The molecule has 2 aromatic carbocycles. The van der Waals surface area contributed by atoms with Crippen molar-refractivity contribution in [1.82, 2.24) is 19.6 Å². The van der Waals surface area contributed by atoms with Gasteiger partial charge in [-0.25, -0.2) is 9.59 Å². The predicted octanol–water partition coefficient (Wildman–Crippen LogP) is 10.9. The standard InChI is InChI=1S/C13H19NO2.C13H17NO.C12H23NO3.C11H21NO4.C7H14O2.8CH4/c15-10-12-6-7-14(9-13(12)16)8-11-4-2-1-3-5-11;15-11-13-6-8-14(9-7-13)10-12-4-2-1-3-5-12;1-5-9-6-7-13(8-10(9)14)11(15)16-12(2,3)4;1-11(2,3)16-10(15)12-5-4-8(7-13)9(14)6-12;8-5-6-3-1-2-4-7(6)9;;;;;;;;/h1-5,12-13,15-16H,6-10H2;1-6,15H,7-11H2;9-10,14H,5-8H2,1-4H3;8-9,13-14H,4-7H2,1-3H3;6-9H,1-5H2;8*1H4/t12-,13+;;9-,10-;8-,9+;6-,7+;;;;;;;;/m0.100......../s1. The van der Waals surface area contributed by atoms with Crippen LogP contribution in [0.25, 0.3) is 0 Å². The van der Waals surface area contributed by atoms with Crippen LogP contribution >= 0.6 is 0 Å². The molecule has 0 radical (unpaired) electrons. The summed E-state index contributed by atoms with van der Waals surface area (Å²) in [5.41, 5.74) is 2.83. The maximum absolute atomic E-state index is 11.7. The summed E-state index contributed by atoms with van der Waals surface area (Å²) in [6, 6.07) is 20.8. The number of rotatable bonds is 9. The van der Waals surface area contributed by atoms with Crippen LogP contribution < -0.4 is 0 Å². The van der Waals surface area contributed by atoms with Gasteiger partial charge in [-0.15, -0.1) is 0 Å². The Bertz CT molecular complexity index is 1760. The number of β-amino-alcohol motifs (C(OH)–C–C–N with tert-alkyl or cyclic N) is 3. The van der Waals surface area contributed by atoms with Crippen molar-refractivity contribution in [3.63, 3.8) is 0 Å². The van der Waals surface area contributed by atoms with Gasteiger partial charge in [0.15, 0.2) is 0 Å². The first-order valence-corrected chi connectivity index (χ1v) is 26.5. The highest BCUT2D eigenvalue weighted by Gasteiger charge is 2.33. The Hall–Kier alpha value is -3.68. The first kappa shape index (κ1) is 87.6. The van der Waals surface area contributed by atoms with Crippen LogP contribution in [0.2, 0.25) is 0 Å². The van der Waals surface area contributed by atoms with E-state index < -0.39 is 29.5 Å². The highest BCUT2D eigenvalue weighted by Crippen LogP contribution is 2.25. The van der Waals surface area contributed by atoms with Gasteiger partial charge in [-0.1, -0.05) is 152 Å². The van der Waals surface area contributed by atoms with Crippen LogP contribution in [0.4, 0.5) is 9.59 Å². The minimum Gasteiger partial charge on any atom is -0.444 e. The van der Waals surface area contributed by atoms with Crippen molar-refractivity contribution in [3.05, 3.63) is 83.4 Å². The van der Waals surface area contributed by atoms with Gasteiger partial charge in [-0.3, -0.25) is 9.80 Å². The fourth-order valence-electron chi connectivity index (χ4n) is 9.16. The molecule has 474 valence electrons. The summed E-state index contributed by atoms with van der Waals surface area (Å²) < 4.78 is 10.5. The molecule has 3 saturated heterocycles. The Morgan fingerprint density at radius 2 is 0.887 bits per heavy atom. The number of amides is 2. The summed E-state index contributed by atoms with van der Waals surface area (Å²) in [6.07, 6.45) is 8.22. The number of likely N-dealkylation sites (tertiary alicyclic amines) is 3. The molecular formula is C64H126N4O12. The van der Waals surface area contributed by atoms with Crippen LogP contribution in [0.1, 0.15) is 177 Å². The molecule has 0 aromatic heterocycles. The lowest BCUT2D eigenvalue weighted by Crippen LogP contribution is -2.49. The van der Waals surface area contributed by atoms with Gasteiger partial charge < -0.3 is 60.1 Å². The number of ether oxygens (including phenoxy) is 2. The van der Waals surface area contributed by atoms with Gasteiger partial charge in [-0.2, -0.15) is 0 Å². The van der Waals surface area contributed by atoms with Crippen molar-refractivity contribution < 1.29 is 59.9 Å². The summed E-state index contributed by atoms with van der Waals surface area (Å²) in [6.45, 7) is 20.8. The molecule has 7 rings (SSSR count). The number of hydrogen-bond acceptors (Lipinski definition) is 14. The lowest BCUT2D eigenvalue weighted by Gasteiger charge is -2.36. The Kier molecular flexibility index (Phi) is 50.1. The van der Waals surface area contributed by atoms with E-state index in [1.165, 1.54) is 28.0 Å². The highest BCUT2D eigenvalue weighted by molar-refractivity contribution is 5.68. The Balaban J connectivity index is -0.000000211. The van der Waals surface area contributed by atoms with Crippen LogP contribution in [-0.2, 0) is 22.6 Å². The molecule has 4 heterocycles. The van der Waals surface area contributed by atoms with E-state index in [1.807, 2.05) is 65.8 Å². The molecule has 0 spiro atoms. The SMILES string of the molecule is C.C.C.C.C.C.C.C.CC(C)(C)OC(=O)N1CC[C@@H](CO)[C@H](O)C1.CC[C@@H]1CCN(C(=O)OC(C)(C)C)C[C@H]1O.OCC1=CCN(Cc2ccccc2)CC1.OC[C@@H]1CCCC[C@H]1O.OC[C@@H]1CCN(Cc2ccccc2)C[C@H]1O. The van der Waals surface area contributed by atoms with Crippen molar-refractivity contribution >= 4 is 12.2 Å². The molecule has 4 fully saturated rings. The number of piperidine rings is 3. The number of hydrogen-bond donors (Lipinski definition) is 8. The van der Waals surface area contributed by atoms with E-state index in [-0.39, 0.29) is 128 Å². The fraction of sp³-hybridized carbons (Fsp3) is 0.750. The number of aliphatic hydroxyl groups excluding tert-OH is 8. The van der Waals surface area contributed by atoms with Gasteiger partial charge in [0.25, 0.3) is 0 Å². The Morgan fingerprint density at radius 1 is 0.500 bits per heavy atom. The third-order valence-electron chi connectivity index (χ3n) is 13.7. The molecule has 0 unspecified atom stereocenters. The van der Waals surface area contributed by atoms with Gasteiger partial charge in [0.05, 0.1) is 44.1 Å². The normalized spacial score (nSPS) is 23.5. The van der Waals surface area contributed by atoms with E-state index >= 15 is 0 Å². The van der Waals surface area contributed by atoms with Crippen molar-refractivity contribution in [2.45, 2.75) is 214 Å². The molecule has 8 atom stereocenters. The average molecular weight is 1140 g/mol. The second-order valence-corrected chi connectivity index (χ2v) is 22.0. The number of carbonyl (C=O) groups excluding carboxylic acids is 2. The smallest absolute Gasteiger partial charge is 0.410 e. The minimum absolute atomic E-state index is 0. The molecule has 2 aromatic rings. The van der Waals surface area contributed by atoms with Gasteiger partial charge in [0.2, 0.25) is 0 Å². The summed E-state index contributed by atoms with van der Waals surface area (Å²) >= 11 is 0. The van der Waals surface area contributed by atoms with Crippen LogP contribution in [0.3, 0.4) is 0 Å². The molecule has 4 aliphatic heterocycles. The zero-order chi connectivity index (χ0) is 53.3. The van der Waals surface area contributed by atoms with E-state index in [1.54, 1.807) is 4.90 Å². The van der Waals surface area contributed by atoms with E-state index in [0.29, 0.717) is 38.5 Å². The first-order chi connectivity index (χ1) is 34.2. The quantitative estimate of drug-likeness (QED) is 0.109. The zero-order valence-corrected chi connectivity index (χ0v) is 44.7. The van der Waals surface area contributed by atoms with Gasteiger partial charge in [-0.05, 0) is 109 Å². The predicted molar refractivity (Wildman–Crippen MR) is 335 cm³/mol. The molecule has 8 N–H and O–H groups in total. The first-order valence-electron chi connectivity index (χ1n) is 26.5. The molecule has 0 bridgehead atoms. The van der Waals surface area contributed by atoms with E-state index in [2.05, 4.69) is 59.2 Å². The van der Waals surface area contributed by atoms with Gasteiger partial charge in [0, 0.05) is 83.4 Å². The maximum Gasteiger partial charge on any atom is 0.410 e. The van der Waals surface area contributed by atoms with Crippen LogP contribution in [0, 0.1) is 23.7 Å². The maximum atomic E-state index is 11.7. The largest absolute Gasteiger partial charge is 0.444 e. The second kappa shape index (κ2) is 45.8. The molecule has 1 saturated carbocycles. The summed E-state index contributed by atoms with van der Waals surface area (Å²) in [5, 5.41) is 74.3. The summed E-state index contributed by atoms with van der Waals surface area (Å²) in [5.74, 6) is 0.420. The lowest BCUT2D eigenvalue weighted by molar-refractivity contribution is -0.0234. The van der Waals surface area contributed by atoms with Gasteiger partial charge >= 0.3 is 12.2 Å². The average Bonchev–Trinajstić information content (AvgIpc) is 3.35. The molecule has 16 heteroatoms. The third kappa shape index (κ3) is 34.1. The second-order valence-electron chi connectivity index (χ2n) is 22.0. The number of nitrogens with zero attached hydrogens (tertiary/aromatic N) is 4. The lowest BCUT2D eigenvalue weighted by atomic mass is 9.87. The molecular weight excluding hydrogens is 1020 g/mol. The van der Waals surface area contributed by atoms with Crippen molar-refractivity contribution in [3.8, 4) is 0 Å². The minimum atomic E-state index is -0.661. The number of carbonyl (C=O) groups is 2. The third-order valence-corrected chi connectivity index (χ3v) is 13.7. The molecule has 80 heavy (non-hydrogen) atoms. The molecule has 5 aliphatic rings. The molecule has 2 amide bonds. The zero-order valence-electron chi connectivity index (χ0n) is 44.7. The van der Waals surface area contributed by atoms with Crippen LogP contribution in [-0.4, -0.2) is 187 Å². The topological polar surface area (TPSA) is 227 Å². The Morgan fingerprint density at radius 3 is 1.23 bits per heavy atom.